The maximum Gasteiger partial charge on any atom is 0.331 e. The fourth-order valence-electron chi connectivity index (χ4n) is 2.00. The standard InChI is InChI=1S/C13H10FN3O2/c1-19-12-3-2-8(6-9(12)14)17-11-7-15-5-4-10(11)16-13(17)18/h2-7H,1H3,(H,16,18). The number of imidazole rings is 1. The molecule has 0 saturated carbocycles. The number of aromatic amines is 1. The second-order valence-electron chi connectivity index (χ2n) is 3.98. The average Bonchev–Trinajstić information content (AvgIpc) is 2.74. The van der Waals surface area contributed by atoms with Crippen molar-refractivity contribution in [2.24, 2.45) is 0 Å². The summed E-state index contributed by atoms with van der Waals surface area (Å²) in [6.45, 7) is 0. The lowest BCUT2D eigenvalue weighted by atomic mass is 10.2. The Morgan fingerprint density at radius 1 is 1.37 bits per heavy atom. The minimum Gasteiger partial charge on any atom is -0.494 e. The quantitative estimate of drug-likeness (QED) is 0.764. The van der Waals surface area contributed by atoms with Gasteiger partial charge in [-0.1, -0.05) is 0 Å². The van der Waals surface area contributed by atoms with Gasteiger partial charge in [-0.2, -0.15) is 0 Å². The van der Waals surface area contributed by atoms with Crippen molar-refractivity contribution in [2.45, 2.75) is 0 Å². The number of H-pyrrole nitrogens is 1. The molecule has 0 spiro atoms. The fourth-order valence-corrected chi connectivity index (χ4v) is 2.00. The van der Waals surface area contributed by atoms with Gasteiger partial charge < -0.3 is 9.72 Å². The van der Waals surface area contributed by atoms with E-state index in [1.165, 1.54) is 23.8 Å². The molecule has 0 bridgehead atoms. The molecule has 3 rings (SSSR count). The highest BCUT2D eigenvalue weighted by Crippen LogP contribution is 2.21. The molecule has 0 aliphatic rings. The highest BCUT2D eigenvalue weighted by molar-refractivity contribution is 5.76. The van der Waals surface area contributed by atoms with Crippen LogP contribution < -0.4 is 10.4 Å². The van der Waals surface area contributed by atoms with Crippen LogP contribution in [0.25, 0.3) is 16.7 Å². The number of nitrogens with zero attached hydrogens (tertiary/aromatic N) is 2. The molecule has 3 aromatic rings. The number of fused-ring (bicyclic) bond motifs is 1. The number of pyridine rings is 1. The lowest BCUT2D eigenvalue weighted by Crippen LogP contribution is -2.14. The summed E-state index contributed by atoms with van der Waals surface area (Å²) in [4.78, 5) is 18.6. The van der Waals surface area contributed by atoms with Crippen LogP contribution in [0.1, 0.15) is 0 Å². The van der Waals surface area contributed by atoms with Gasteiger partial charge in [0.1, 0.15) is 0 Å². The van der Waals surface area contributed by atoms with E-state index in [2.05, 4.69) is 9.97 Å². The van der Waals surface area contributed by atoms with Crippen molar-refractivity contribution < 1.29 is 9.13 Å². The summed E-state index contributed by atoms with van der Waals surface area (Å²) in [6.07, 6.45) is 3.13. The summed E-state index contributed by atoms with van der Waals surface area (Å²) in [5, 5.41) is 0. The van der Waals surface area contributed by atoms with Gasteiger partial charge >= 0.3 is 5.69 Å². The van der Waals surface area contributed by atoms with Gasteiger partial charge in [-0.25, -0.2) is 9.18 Å². The summed E-state index contributed by atoms with van der Waals surface area (Å²) in [6, 6.07) is 6.03. The zero-order valence-corrected chi connectivity index (χ0v) is 10.1. The first kappa shape index (κ1) is 11.5. The fraction of sp³-hybridized carbons (Fsp3) is 0.0769. The molecule has 5 nitrogen and oxygen atoms in total. The monoisotopic (exact) mass is 259 g/mol. The number of aromatic nitrogens is 3. The van der Waals surface area contributed by atoms with E-state index in [-0.39, 0.29) is 11.4 Å². The molecule has 0 aliphatic heterocycles. The molecule has 96 valence electrons. The van der Waals surface area contributed by atoms with Crippen molar-refractivity contribution in [1.82, 2.24) is 14.5 Å². The lowest BCUT2D eigenvalue weighted by Gasteiger charge is -2.06. The van der Waals surface area contributed by atoms with Crippen molar-refractivity contribution in [3.8, 4) is 11.4 Å². The Morgan fingerprint density at radius 2 is 2.21 bits per heavy atom. The van der Waals surface area contributed by atoms with Gasteiger partial charge in [0, 0.05) is 12.3 Å². The number of benzene rings is 1. The van der Waals surface area contributed by atoms with Gasteiger partial charge in [0.15, 0.2) is 11.6 Å². The predicted octanol–water partition coefficient (Wildman–Crippen LogP) is 1.86. The van der Waals surface area contributed by atoms with Gasteiger partial charge in [0.05, 0.1) is 30.0 Å². The average molecular weight is 259 g/mol. The Balaban J connectivity index is 2.27. The Morgan fingerprint density at radius 3 is 2.95 bits per heavy atom. The van der Waals surface area contributed by atoms with Crippen LogP contribution in [0.3, 0.4) is 0 Å². The summed E-state index contributed by atoms with van der Waals surface area (Å²) < 4.78 is 19.9. The molecule has 2 heterocycles. The van der Waals surface area contributed by atoms with Crippen LogP contribution in [-0.4, -0.2) is 21.6 Å². The third-order valence-corrected chi connectivity index (χ3v) is 2.88. The first-order chi connectivity index (χ1) is 9.20. The smallest absolute Gasteiger partial charge is 0.331 e. The second-order valence-corrected chi connectivity index (χ2v) is 3.98. The van der Waals surface area contributed by atoms with Crippen molar-refractivity contribution >= 4 is 11.0 Å². The number of ether oxygens (including phenoxy) is 1. The third kappa shape index (κ3) is 1.77. The molecule has 0 atom stereocenters. The SMILES string of the molecule is COc1ccc(-n2c(=O)[nH]c3ccncc32)cc1F. The van der Waals surface area contributed by atoms with Crippen molar-refractivity contribution in [1.29, 1.82) is 0 Å². The first-order valence-corrected chi connectivity index (χ1v) is 5.59. The van der Waals surface area contributed by atoms with Gasteiger partial charge in [0.2, 0.25) is 0 Å². The molecule has 19 heavy (non-hydrogen) atoms. The van der Waals surface area contributed by atoms with Crippen molar-refractivity contribution in [3.05, 3.63) is 53.0 Å². The highest BCUT2D eigenvalue weighted by atomic mass is 19.1. The van der Waals surface area contributed by atoms with Gasteiger partial charge in [-0.3, -0.25) is 9.55 Å². The largest absolute Gasteiger partial charge is 0.494 e. The molecule has 0 unspecified atom stereocenters. The zero-order valence-electron chi connectivity index (χ0n) is 10.1. The summed E-state index contributed by atoms with van der Waals surface area (Å²) in [5.41, 5.74) is 1.32. The summed E-state index contributed by atoms with van der Waals surface area (Å²) >= 11 is 0. The molecule has 0 fully saturated rings. The molecule has 1 N–H and O–H groups in total. The minimum absolute atomic E-state index is 0.134. The third-order valence-electron chi connectivity index (χ3n) is 2.88. The molecule has 1 aromatic carbocycles. The predicted molar refractivity (Wildman–Crippen MR) is 68.2 cm³/mol. The maximum atomic E-state index is 13.7. The van der Waals surface area contributed by atoms with E-state index in [9.17, 15) is 9.18 Å². The van der Waals surface area contributed by atoms with Crippen LogP contribution >= 0.6 is 0 Å². The van der Waals surface area contributed by atoms with Crippen LogP contribution in [0.15, 0.2) is 41.5 Å². The van der Waals surface area contributed by atoms with E-state index in [0.29, 0.717) is 16.7 Å². The minimum atomic E-state index is -0.523. The van der Waals surface area contributed by atoms with E-state index in [1.807, 2.05) is 0 Å². The first-order valence-electron chi connectivity index (χ1n) is 5.59. The molecule has 0 amide bonds. The number of hydrogen-bond acceptors (Lipinski definition) is 3. The molecule has 2 aromatic heterocycles. The Bertz CT molecular complexity index is 807. The number of rotatable bonds is 2. The van der Waals surface area contributed by atoms with E-state index >= 15 is 0 Å². The maximum absolute atomic E-state index is 13.7. The van der Waals surface area contributed by atoms with Crippen molar-refractivity contribution in [3.63, 3.8) is 0 Å². The van der Waals surface area contributed by atoms with Crippen LogP contribution in [0, 0.1) is 5.82 Å². The van der Waals surface area contributed by atoms with Gasteiger partial charge in [0.25, 0.3) is 0 Å². The molecule has 0 saturated heterocycles. The summed E-state index contributed by atoms with van der Waals surface area (Å²) in [7, 11) is 1.39. The van der Waals surface area contributed by atoms with Crippen LogP contribution in [0.5, 0.6) is 5.75 Å². The van der Waals surface area contributed by atoms with E-state index < -0.39 is 5.82 Å². The van der Waals surface area contributed by atoms with E-state index in [4.69, 9.17) is 4.74 Å². The number of nitrogens with one attached hydrogen (secondary N) is 1. The zero-order chi connectivity index (χ0) is 13.4. The Kier molecular flexibility index (Phi) is 2.56. The van der Waals surface area contributed by atoms with Gasteiger partial charge in [-0.15, -0.1) is 0 Å². The molecule has 0 aliphatic carbocycles. The van der Waals surface area contributed by atoms with Crippen molar-refractivity contribution in [2.75, 3.05) is 7.11 Å². The van der Waals surface area contributed by atoms with Crippen LogP contribution in [0.4, 0.5) is 4.39 Å². The number of halogens is 1. The molecule has 0 radical (unpaired) electrons. The Hall–Kier alpha value is -2.63. The lowest BCUT2D eigenvalue weighted by molar-refractivity contribution is 0.386. The molecule has 6 heteroatoms. The number of hydrogen-bond donors (Lipinski definition) is 1. The van der Waals surface area contributed by atoms with E-state index in [0.717, 1.165) is 0 Å². The normalized spacial score (nSPS) is 10.8. The summed E-state index contributed by atoms with van der Waals surface area (Å²) in [5.74, 6) is -0.389. The highest BCUT2D eigenvalue weighted by Gasteiger charge is 2.11. The van der Waals surface area contributed by atoms with Gasteiger partial charge in [-0.05, 0) is 18.2 Å². The second kappa shape index (κ2) is 4.24. The number of methoxy groups -OCH3 is 1. The topological polar surface area (TPSA) is 59.9 Å². The van der Waals surface area contributed by atoms with Crippen LogP contribution in [0.2, 0.25) is 0 Å². The van der Waals surface area contributed by atoms with Crippen LogP contribution in [-0.2, 0) is 0 Å². The molecular weight excluding hydrogens is 249 g/mol. The molecular formula is C13H10FN3O2. The van der Waals surface area contributed by atoms with E-state index in [1.54, 1.807) is 24.5 Å². The Labute approximate surface area is 107 Å².